The van der Waals surface area contributed by atoms with Crippen LogP contribution in [0.5, 0.6) is 0 Å². The zero-order valence-corrected chi connectivity index (χ0v) is 11.9. The van der Waals surface area contributed by atoms with E-state index in [0.717, 1.165) is 30.0 Å². The lowest BCUT2D eigenvalue weighted by Crippen LogP contribution is -2.38. The van der Waals surface area contributed by atoms with Crippen molar-refractivity contribution in [2.45, 2.75) is 20.3 Å². The van der Waals surface area contributed by atoms with Gasteiger partial charge >= 0.3 is 0 Å². The Balaban J connectivity index is 2.19. The van der Waals surface area contributed by atoms with Gasteiger partial charge in [-0.3, -0.25) is 4.79 Å². The van der Waals surface area contributed by atoms with Crippen molar-refractivity contribution in [3.8, 4) is 0 Å². The van der Waals surface area contributed by atoms with Crippen LogP contribution in [0.2, 0.25) is 0 Å². The van der Waals surface area contributed by atoms with E-state index in [2.05, 4.69) is 19.2 Å². The number of carbonyl (C=O) groups is 1. The van der Waals surface area contributed by atoms with Crippen LogP contribution in [0.4, 0.5) is 11.4 Å². The Morgan fingerprint density at radius 3 is 2.79 bits per heavy atom. The molecular formula is C15H23N3O. The van der Waals surface area contributed by atoms with Crippen LogP contribution in [0.15, 0.2) is 18.2 Å². The summed E-state index contributed by atoms with van der Waals surface area (Å²) in [7, 11) is 1.95. The first kappa shape index (κ1) is 13.9. The number of anilines is 2. The lowest BCUT2D eigenvalue weighted by Gasteiger charge is -2.27. The van der Waals surface area contributed by atoms with Gasteiger partial charge in [0.25, 0.3) is 0 Å². The second-order valence-corrected chi connectivity index (χ2v) is 5.63. The summed E-state index contributed by atoms with van der Waals surface area (Å²) in [6, 6.07) is 5.74. The van der Waals surface area contributed by atoms with E-state index < -0.39 is 0 Å². The number of amides is 1. The molecule has 0 radical (unpaired) electrons. The number of nitrogens with one attached hydrogen (secondary N) is 1. The highest BCUT2D eigenvalue weighted by atomic mass is 16.2. The highest BCUT2D eigenvalue weighted by molar-refractivity contribution is 6.01. The number of fused-ring (bicyclic) bond motifs is 1. The second-order valence-electron chi connectivity index (χ2n) is 5.63. The fourth-order valence-electron chi connectivity index (χ4n) is 2.61. The minimum atomic E-state index is 0.183. The normalized spacial score (nSPS) is 16.0. The van der Waals surface area contributed by atoms with Gasteiger partial charge in [0, 0.05) is 17.9 Å². The molecule has 0 aromatic heterocycles. The molecule has 4 heteroatoms. The third kappa shape index (κ3) is 2.89. The molecule has 19 heavy (non-hydrogen) atoms. The maximum atomic E-state index is 12.2. The number of carbonyl (C=O) groups excluding carboxylic acids is 1. The number of nitrogen functional groups attached to an aromatic ring is 1. The Morgan fingerprint density at radius 2 is 2.16 bits per heavy atom. The van der Waals surface area contributed by atoms with Gasteiger partial charge in [0.2, 0.25) is 5.91 Å². The molecule has 1 aromatic carbocycles. The van der Waals surface area contributed by atoms with Crippen LogP contribution in [0.1, 0.15) is 19.4 Å². The number of nitrogens with two attached hydrogens (primary N) is 1. The lowest BCUT2D eigenvalue weighted by atomic mass is 9.95. The Bertz CT molecular complexity index is 470. The minimum absolute atomic E-state index is 0.183. The van der Waals surface area contributed by atoms with Crippen molar-refractivity contribution in [2.75, 3.05) is 30.8 Å². The van der Waals surface area contributed by atoms with Crippen LogP contribution in [0.25, 0.3) is 0 Å². The Labute approximate surface area is 115 Å². The molecule has 0 fully saturated rings. The largest absolute Gasteiger partial charge is 0.399 e. The van der Waals surface area contributed by atoms with E-state index >= 15 is 0 Å². The first-order valence-corrected chi connectivity index (χ1v) is 6.86. The summed E-state index contributed by atoms with van der Waals surface area (Å²) in [6.07, 6.45) is 0.477. The molecule has 3 N–H and O–H groups in total. The van der Waals surface area contributed by atoms with E-state index in [-0.39, 0.29) is 5.91 Å². The zero-order chi connectivity index (χ0) is 14.0. The number of hydrogen-bond acceptors (Lipinski definition) is 3. The van der Waals surface area contributed by atoms with E-state index in [9.17, 15) is 4.79 Å². The van der Waals surface area contributed by atoms with Gasteiger partial charge in [-0.1, -0.05) is 13.8 Å². The highest BCUT2D eigenvalue weighted by Crippen LogP contribution is 2.31. The molecule has 1 aliphatic rings. The quantitative estimate of drug-likeness (QED) is 0.792. The molecule has 0 saturated carbocycles. The Kier molecular flexibility index (Phi) is 4.10. The van der Waals surface area contributed by atoms with Crippen molar-refractivity contribution >= 4 is 17.3 Å². The number of nitrogens with zero attached hydrogens (tertiary/aromatic N) is 1. The van der Waals surface area contributed by atoms with Gasteiger partial charge < -0.3 is 16.0 Å². The number of rotatable bonds is 5. The molecule has 1 amide bonds. The van der Waals surface area contributed by atoms with Crippen LogP contribution in [0.3, 0.4) is 0 Å². The van der Waals surface area contributed by atoms with Crippen molar-refractivity contribution < 1.29 is 4.79 Å². The number of benzene rings is 1. The summed E-state index contributed by atoms with van der Waals surface area (Å²) in [5.41, 5.74) is 8.59. The molecule has 1 aliphatic heterocycles. The van der Waals surface area contributed by atoms with Gasteiger partial charge in [-0.25, -0.2) is 0 Å². The molecule has 1 unspecified atom stereocenters. The third-order valence-electron chi connectivity index (χ3n) is 3.86. The standard InChI is InChI=1S/C15H23N3O/c1-10(2)12(8-17-3)9-18-14-5-4-13(16)6-11(14)7-15(18)19/h4-6,10,12,17H,7-9,16H2,1-3H3. The predicted octanol–water partition coefficient (Wildman–Crippen LogP) is 1.65. The van der Waals surface area contributed by atoms with Crippen LogP contribution < -0.4 is 16.0 Å². The maximum absolute atomic E-state index is 12.2. The van der Waals surface area contributed by atoms with Crippen molar-refractivity contribution in [1.29, 1.82) is 0 Å². The van der Waals surface area contributed by atoms with Gasteiger partial charge in [0.05, 0.1) is 6.42 Å². The molecule has 1 atom stereocenters. The molecule has 1 heterocycles. The summed E-state index contributed by atoms with van der Waals surface area (Å²) < 4.78 is 0. The predicted molar refractivity (Wildman–Crippen MR) is 79.2 cm³/mol. The average Bonchev–Trinajstić information content (AvgIpc) is 2.64. The van der Waals surface area contributed by atoms with Crippen LogP contribution in [-0.4, -0.2) is 26.0 Å². The maximum Gasteiger partial charge on any atom is 0.231 e. The first-order chi connectivity index (χ1) is 9.02. The van der Waals surface area contributed by atoms with Crippen molar-refractivity contribution in [3.05, 3.63) is 23.8 Å². The lowest BCUT2D eigenvalue weighted by molar-refractivity contribution is -0.117. The van der Waals surface area contributed by atoms with Crippen LogP contribution in [0, 0.1) is 11.8 Å². The van der Waals surface area contributed by atoms with Crippen molar-refractivity contribution in [1.82, 2.24) is 5.32 Å². The first-order valence-electron chi connectivity index (χ1n) is 6.86. The van der Waals surface area contributed by atoms with E-state index in [1.54, 1.807) is 0 Å². The molecule has 0 aliphatic carbocycles. The van der Waals surface area contributed by atoms with E-state index in [0.29, 0.717) is 18.3 Å². The summed E-state index contributed by atoms with van der Waals surface area (Å²) >= 11 is 0. The van der Waals surface area contributed by atoms with E-state index in [1.165, 1.54) is 0 Å². The smallest absolute Gasteiger partial charge is 0.231 e. The van der Waals surface area contributed by atoms with Crippen LogP contribution >= 0.6 is 0 Å². The molecule has 2 rings (SSSR count). The molecule has 1 aromatic rings. The minimum Gasteiger partial charge on any atom is -0.399 e. The van der Waals surface area contributed by atoms with Gasteiger partial charge in [-0.15, -0.1) is 0 Å². The average molecular weight is 261 g/mol. The van der Waals surface area contributed by atoms with Crippen molar-refractivity contribution in [3.63, 3.8) is 0 Å². The fourth-order valence-corrected chi connectivity index (χ4v) is 2.61. The van der Waals surface area contributed by atoms with E-state index in [4.69, 9.17) is 5.73 Å². The van der Waals surface area contributed by atoms with Gasteiger partial charge in [0.1, 0.15) is 0 Å². The summed E-state index contributed by atoms with van der Waals surface area (Å²) in [5.74, 6) is 1.18. The molecule has 0 bridgehead atoms. The molecular weight excluding hydrogens is 238 g/mol. The second kappa shape index (κ2) is 5.61. The van der Waals surface area contributed by atoms with Gasteiger partial charge in [0.15, 0.2) is 0 Å². The number of hydrogen-bond donors (Lipinski definition) is 2. The third-order valence-corrected chi connectivity index (χ3v) is 3.86. The summed E-state index contributed by atoms with van der Waals surface area (Å²) in [6.45, 7) is 6.10. The summed E-state index contributed by atoms with van der Waals surface area (Å²) in [4.78, 5) is 14.1. The topological polar surface area (TPSA) is 58.4 Å². The molecule has 0 spiro atoms. The Morgan fingerprint density at radius 1 is 1.42 bits per heavy atom. The molecule has 4 nitrogen and oxygen atoms in total. The molecule has 0 saturated heterocycles. The fraction of sp³-hybridized carbons (Fsp3) is 0.533. The van der Waals surface area contributed by atoms with Crippen LogP contribution in [-0.2, 0) is 11.2 Å². The van der Waals surface area contributed by atoms with E-state index in [1.807, 2.05) is 30.1 Å². The Hall–Kier alpha value is -1.55. The summed E-state index contributed by atoms with van der Waals surface area (Å²) in [5, 5.41) is 3.21. The van der Waals surface area contributed by atoms with Crippen molar-refractivity contribution in [2.24, 2.45) is 11.8 Å². The monoisotopic (exact) mass is 261 g/mol. The van der Waals surface area contributed by atoms with Gasteiger partial charge in [-0.05, 0) is 49.2 Å². The highest BCUT2D eigenvalue weighted by Gasteiger charge is 2.29. The molecule has 104 valence electrons. The SMILES string of the molecule is CNCC(CN1C(=O)Cc2cc(N)ccc21)C(C)C. The van der Waals surface area contributed by atoms with Gasteiger partial charge in [-0.2, -0.15) is 0 Å². The zero-order valence-electron chi connectivity index (χ0n) is 11.9.